The van der Waals surface area contributed by atoms with Crippen LogP contribution in [0.5, 0.6) is 0 Å². The van der Waals surface area contributed by atoms with Gasteiger partial charge in [-0.3, -0.25) is 0 Å². The van der Waals surface area contributed by atoms with Crippen molar-refractivity contribution in [1.29, 1.82) is 0 Å². The molecule has 0 saturated carbocycles. The third kappa shape index (κ3) is 2.21. The Hall–Kier alpha value is -0.560. The molecule has 1 aliphatic heterocycles. The zero-order chi connectivity index (χ0) is 8.97. The van der Waals surface area contributed by atoms with Crippen LogP contribution in [0.2, 0.25) is 0 Å². The van der Waals surface area contributed by atoms with Gasteiger partial charge in [-0.1, -0.05) is 18.7 Å². The second kappa shape index (κ2) is 4.46. The molecule has 1 heterocycles. The highest BCUT2D eigenvalue weighted by atomic mass is 15.1. The minimum absolute atomic E-state index is 0.767. The first-order valence-electron chi connectivity index (χ1n) is 4.75. The van der Waals surface area contributed by atoms with Crippen molar-refractivity contribution in [2.45, 2.75) is 19.8 Å². The van der Waals surface area contributed by atoms with E-state index in [-0.39, 0.29) is 0 Å². The maximum Gasteiger partial charge on any atom is -0.00159 e. The third-order valence-corrected chi connectivity index (χ3v) is 2.76. The highest BCUT2D eigenvalue weighted by Crippen LogP contribution is 2.24. The molecule has 1 fully saturated rings. The zero-order valence-corrected chi connectivity index (χ0v) is 8.21. The van der Waals surface area contributed by atoms with Crippen LogP contribution in [0.4, 0.5) is 0 Å². The summed E-state index contributed by atoms with van der Waals surface area (Å²) < 4.78 is 0. The second-order valence-corrected chi connectivity index (χ2v) is 3.57. The van der Waals surface area contributed by atoms with Crippen LogP contribution in [0.25, 0.3) is 0 Å². The number of piperidine rings is 1. The fourth-order valence-electron chi connectivity index (χ4n) is 1.86. The van der Waals surface area contributed by atoms with Crippen molar-refractivity contribution in [3.8, 4) is 0 Å². The molecule has 1 nitrogen and oxygen atoms in total. The number of likely N-dealkylation sites (tertiary alicyclic amines) is 1. The average molecular weight is 165 g/mol. The van der Waals surface area contributed by atoms with Gasteiger partial charge in [-0.15, -0.1) is 0 Å². The summed E-state index contributed by atoms with van der Waals surface area (Å²) in [7, 11) is 2.19. The van der Waals surface area contributed by atoms with E-state index in [2.05, 4.69) is 31.5 Å². The molecular formula is C11H19N. The molecule has 0 aromatic rings. The van der Waals surface area contributed by atoms with E-state index < -0.39 is 0 Å². The SMILES string of the molecule is C=C/C(=C\C)C1CCN(C)CC1. The first-order chi connectivity index (χ1) is 5.77. The van der Waals surface area contributed by atoms with E-state index in [1.54, 1.807) is 0 Å². The van der Waals surface area contributed by atoms with Crippen molar-refractivity contribution >= 4 is 0 Å². The number of nitrogens with zero attached hydrogens (tertiary/aromatic N) is 1. The van der Waals surface area contributed by atoms with Crippen LogP contribution >= 0.6 is 0 Å². The van der Waals surface area contributed by atoms with Crippen molar-refractivity contribution in [2.75, 3.05) is 20.1 Å². The Labute approximate surface area is 75.8 Å². The maximum absolute atomic E-state index is 3.84. The van der Waals surface area contributed by atoms with Gasteiger partial charge >= 0.3 is 0 Å². The van der Waals surface area contributed by atoms with Gasteiger partial charge in [0, 0.05) is 0 Å². The van der Waals surface area contributed by atoms with Gasteiger partial charge in [0.1, 0.15) is 0 Å². The Bertz CT molecular complexity index is 173. The van der Waals surface area contributed by atoms with Gasteiger partial charge < -0.3 is 4.90 Å². The number of allylic oxidation sites excluding steroid dienone is 3. The van der Waals surface area contributed by atoms with E-state index in [0.29, 0.717) is 0 Å². The molecule has 0 N–H and O–H groups in total. The monoisotopic (exact) mass is 165 g/mol. The van der Waals surface area contributed by atoms with E-state index in [0.717, 1.165) is 5.92 Å². The lowest BCUT2D eigenvalue weighted by molar-refractivity contribution is 0.240. The van der Waals surface area contributed by atoms with Crippen LogP contribution in [0.1, 0.15) is 19.8 Å². The highest BCUT2D eigenvalue weighted by Gasteiger charge is 2.17. The molecule has 0 atom stereocenters. The van der Waals surface area contributed by atoms with Crippen LogP contribution in [0, 0.1) is 5.92 Å². The summed E-state index contributed by atoms with van der Waals surface area (Å²) in [4.78, 5) is 2.40. The van der Waals surface area contributed by atoms with Gasteiger partial charge in [0.15, 0.2) is 0 Å². The molecular weight excluding hydrogens is 146 g/mol. The number of rotatable bonds is 2. The summed E-state index contributed by atoms with van der Waals surface area (Å²) in [6.45, 7) is 8.41. The lowest BCUT2D eigenvalue weighted by Gasteiger charge is -2.29. The predicted molar refractivity (Wildman–Crippen MR) is 54.2 cm³/mol. The van der Waals surface area contributed by atoms with Gasteiger partial charge in [-0.2, -0.15) is 0 Å². The van der Waals surface area contributed by atoms with Crippen LogP contribution in [-0.4, -0.2) is 25.0 Å². The van der Waals surface area contributed by atoms with Crippen molar-refractivity contribution < 1.29 is 0 Å². The Balaban J connectivity index is 2.48. The molecule has 0 aromatic heterocycles. The zero-order valence-electron chi connectivity index (χ0n) is 8.21. The third-order valence-electron chi connectivity index (χ3n) is 2.76. The minimum atomic E-state index is 0.767. The summed E-state index contributed by atoms with van der Waals surface area (Å²) >= 11 is 0. The Morgan fingerprint density at radius 3 is 2.42 bits per heavy atom. The molecule has 1 rings (SSSR count). The second-order valence-electron chi connectivity index (χ2n) is 3.57. The maximum atomic E-state index is 3.84. The summed E-state index contributed by atoms with van der Waals surface area (Å²) in [5.74, 6) is 0.767. The largest absolute Gasteiger partial charge is 0.306 e. The van der Waals surface area contributed by atoms with E-state index in [1.807, 2.05) is 6.08 Å². The van der Waals surface area contributed by atoms with E-state index >= 15 is 0 Å². The van der Waals surface area contributed by atoms with Crippen LogP contribution in [-0.2, 0) is 0 Å². The van der Waals surface area contributed by atoms with Crippen LogP contribution in [0.15, 0.2) is 24.3 Å². The van der Waals surface area contributed by atoms with Crippen molar-refractivity contribution in [1.82, 2.24) is 4.90 Å². The number of hydrogen-bond acceptors (Lipinski definition) is 1. The quantitative estimate of drug-likeness (QED) is 0.568. The normalized spacial score (nSPS) is 22.7. The standard InChI is InChI=1S/C11H19N/c1-4-10(5-2)11-6-8-12(3)9-7-11/h4-5,11H,1,6-9H2,2-3H3/b10-5+. The molecule has 12 heavy (non-hydrogen) atoms. The minimum Gasteiger partial charge on any atom is -0.306 e. The Morgan fingerprint density at radius 1 is 1.42 bits per heavy atom. The van der Waals surface area contributed by atoms with E-state index in [4.69, 9.17) is 0 Å². The molecule has 1 aliphatic rings. The molecule has 0 aromatic carbocycles. The molecule has 0 spiro atoms. The Morgan fingerprint density at radius 2 is 2.00 bits per heavy atom. The summed E-state index contributed by atoms with van der Waals surface area (Å²) in [5.41, 5.74) is 1.43. The van der Waals surface area contributed by atoms with Crippen molar-refractivity contribution in [2.24, 2.45) is 5.92 Å². The lowest BCUT2D eigenvalue weighted by atomic mass is 9.89. The summed E-state index contributed by atoms with van der Waals surface area (Å²) in [5, 5.41) is 0. The molecule has 68 valence electrons. The smallest absolute Gasteiger partial charge is 0.00159 e. The molecule has 0 amide bonds. The van der Waals surface area contributed by atoms with Crippen LogP contribution < -0.4 is 0 Å². The fourth-order valence-corrected chi connectivity index (χ4v) is 1.86. The average Bonchev–Trinajstić information content (AvgIpc) is 2.10. The van der Waals surface area contributed by atoms with E-state index in [9.17, 15) is 0 Å². The fraction of sp³-hybridized carbons (Fsp3) is 0.636. The number of hydrogen-bond donors (Lipinski definition) is 0. The summed E-state index contributed by atoms with van der Waals surface area (Å²) in [6.07, 6.45) is 6.80. The van der Waals surface area contributed by atoms with Crippen LogP contribution in [0.3, 0.4) is 0 Å². The molecule has 0 aliphatic carbocycles. The lowest BCUT2D eigenvalue weighted by Crippen LogP contribution is -2.30. The molecule has 1 saturated heterocycles. The van der Waals surface area contributed by atoms with E-state index in [1.165, 1.54) is 31.5 Å². The molecule has 0 bridgehead atoms. The molecule has 0 radical (unpaired) electrons. The summed E-state index contributed by atoms with van der Waals surface area (Å²) in [6, 6.07) is 0. The highest BCUT2D eigenvalue weighted by molar-refractivity contribution is 5.19. The van der Waals surface area contributed by atoms with Gasteiger partial charge in [0.05, 0.1) is 0 Å². The first kappa shape index (κ1) is 9.53. The van der Waals surface area contributed by atoms with Gasteiger partial charge in [0.25, 0.3) is 0 Å². The van der Waals surface area contributed by atoms with Crippen molar-refractivity contribution in [3.05, 3.63) is 24.3 Å². The van der Waals surface area contributed by atoms with Gasteiger partial charge in [-0.25, -0.2) is 0 Å². The Kier molecular flexibility index (Phi) is 3.54. The predicted octanol–water partition coefficient (Wildman–Crippen LogP) is 2.46. The first-order valence-corrected chi connectivity index (χ1v) is 4.75. The molecule has 0 unspecified atom stereocenters. The topological polar surface area (TPSA) is 3.24 Å². The molecule has 1 heteroatoms. The van der Waals surface area contributed by atoms with Crippen molar-refractivity contribution in [3.63, 3.8) is 0 Å². The van der Waals surface area contributed by atoms with Gasteiger partial charge in [-0.05, 0) is 51.4 Å². The van der Waals surface area contributed by atoms with Gasteiger partial charge in [0.2, 0.25) is 0 Å².